The molecule has 5 aromatic heterocycles. The monoisotopic (exact) mass is 1060 g/mol. The molecule has 0 aliphatic heterocycles. The molecule has 300 valence electrons. The van der Waals surface area contributed by atoms with Gasteiger partial charge in [0.05, 0.1) is 0 Å². The molecule has 0 saturated heterocycles. The Morgan fingerprint density at radius 2 is 1.20 bits per heavy atom. The average Bonchev–Trinajstić information content (AvgIpc) is 3.87. The molecule has 0 unspecified atom stereocenters. The van der Waals surface area contributed by atoms with Crippen LogP contribution < -0.4 is 0 Å². The van der Waals surface area contributed by atoms with E-state index in [0.29, 0.717) is 12.1 Å². The molecule has 5 nitrogen and oxygen atoms in total. The Labute approximate surface area is 445 Å². The van der Waals surface area contributed by atoms with Crippen molar-refractivity contribution in [1.82, 2.24) is 24.1 Å². The topological polar surface area (TPSA) is 48.5 Å². The molecule has 0 atom stereocenters. The van der Waals surface area contributed by atoms with Crippen LogP contribution in [0.3, 0.4) is 0 Å². The molecule has 0 bridgehead atoms. The predicted octanol–water partition coefficient (Wildman–Crippen LogP) is 13.9. The summed E-state index contributed by atoms with van der Waals surface area (Å²) >= 11 is 0. The van der Waals surface area contributed by atoms with Gasteiger partial charge in [0.15, 0.2) is 0 Å². The number of hydrogen-bond donors (Lipinski definition) is 0. The van der Waals surface area contributed by atoms with Crippen LogP contribution in [0.1, 0.15) is 148 Å². The SMILES string of the molecule is CC.CC.CC.CC.CC(C)(C)c1c[c-]nc2ccccc12.CC(C)(C)c1ccc[c-]n1.CC(C)n1c[c-]c2ncccc21.CC(C)n1c[c-]cc1.[Y].[Y].[Y].[Y]. The maximum atomic E-state index is 4.23. The van der Waals surface area contributed by atoms with Crippen molar-refractivity contribution in [3.63, 3.8) is 0 Å². The van der Waals surface area contributed by atoms with E-state index in [0.717, 1.165) is 22.2 Å². The van der Waals surface area contributed by atoms with Gasteiger partial charge in [-0.05, 0) is 38.6 Å². The summed E-state index contributed by atoms with van der Waals surface area (Å²) in [6.45, 7) is 37.7. The standard InChI is InChI=1S/C13H14N.C10H11N2.C9H12N.C7H10N.4C2H6.4Y/c1-13(2,3)11-8-9-14-12-7-5-4-6-10(11)12;1-8(2)12-7-5-9-10(12)4-3-6-11-9;1-9(2,3)8-6-4-5-7-10-8;1-7(2)8-5-3-4-6-8;4*1-2;;;;/h4-8H,1-3H3;3-4,6-8H,1-2H3;4-6H,1-3H3;3,5-7H,1-2H3;4*1-2H3;;;;/q4*-1;;;;;;;;. The van der Waals surface area contributed by atoms with Gasteiger partial charge in [0.2, 0.25) is 0 Å². The molecule has 0 N–H and O–H groups in total. The number of benzene rings is 1. The van der Waals surface area contributed by atoms with E-state index in [4.69, 9.17) is 0 Å². The van der Waals surface area contributed by atoms with Crippen LogP contribution in [0.2, 0.25) is 0 Å². The summed E-state index contributed by atoms with van der Waals surface area (Å²) in [7, 11) is 0. The third-order valence-corrected chi connectivity index (χ3v) is 6.90. The molecule has 0 fully saturated rings. The molecule has 4 radical (unpaired) electrons. The number of pyridine rings is 3. The zero-order chi connectivity index (χ0) is 40.3. The predicted molar refractivity (Wildman–Crippen MR) is 229 cm³/mol. The van der Waals surface area contributed by atoms with E-state index in [9.17, 15) is 0 Å². The van der Waals surface area contributed by atoms with Crippen molar-refractivity contribution in [3.8, 4) is 0 Å². The summed E-state index contributed by atoms with van der Waals surface area (Å²) in [5, 5.41) is 1.23. The molecule has 6 rings (SSSR count). The molecule has 1 aromatic carbocycles. The van der Waals surface area contributed by atoms with Gasteiger partial charge in [-0.25, -0.2) is 18.2 Å². The summed E-state index contributed by atoms with van der Waals surface area (Å²) in [4.78, 5) is 12.6. The molecule has 9 heteroatoms. The zero-order valence-corrected chi connectivity index (χ0v) is 49.7. The van der Waals surface area contributed by atoms with Crippen LogP contribution in [-0.2, 0) is 142 Å². The van der Waals surface area contributed by atoms with Crippen LogP contribution in [0.4, 0.5) is 0 Å². The number of nitrogens with zero attached hydrogens (tertiary/aromatic N) is 5. The quantitative estimate of drug-likeness (QED) is 0.162. The van der Waals surface area contributed by atoms with Crippen molar-refractivity contribution in [2.75, 3.05) is 0 Å². The van der Waals surface area contributed by atoms with Crippen LogP contribution in [0.5, 0.6) is 0 Å². The first-order valence-electron chi connectivity index (χ1n) is 19.3. The van der Waals surface area contributed by atoms with Gasteiger partial charge in [-0.3, -0.25) is 4.98 Å². The molecular weight excluding hydrogens is 990 g/mol. The van der Waals surface area contributed by atoms with Crippen LogP contribution in [0, 0.1) is 24.5 Å². The first-order chi connectivity index (χ1) is 24.8. The zero-order valence-electron chi connectivity index (χ0n) is 38.4. The number of para-hydroxylation sites is 1. The van der Waals surface area contributed by atoms with Crippen LogP contribution in [-0.4, -0.2) is 24.1 Å². The Balaban J connectivity index is -0.000000139. The van der Waals surface area contributed by atoms with Crippen molar-refractivity contribution in [1.29, 1.82) is 0 Å². The van der Waals surface area contributed by atoms with E-state index < -0.39 is 0 Å². The Morgan fingerprint density at radius 3 is 1.62 bits per heavy atom. The van der Waals surface area contributed by atoms with E-state index >= 15 is 0 Å². The number of fused-ring (bicyclic) bond motifs is 2. The minimum atomic E-state index is 0. The number of rotatable bonds is 2. The summed E-state index contributed by atoms with van der Waals surface area (Å²) in [5.74, 6) is 0. The van der Waals surface area contributed by atoms with Crippen molar-refractivity contribution in [2.24, 2.45) is 0 Å². The van der Waals surface area contributed by atoms with E-state index in [1.807, 2.05) is 123 Å². The molecule has 0 spiro atoms. The van der Waals surface area contributed by atoms with Gasteiger partial charge in [-0.2, -0.15) is 24.3 Å². The second-order valence-corrected chi connectivity index (χ2v) is 13.3. The first kappa shape index (κ1) is 67.9. The van der Waals surface area contributed by atoms with E-state index in [-0.39, 0.29) is 142 Å². The van der Waals surface area contributed by atoms with Gasteiger partial charge >= 0.3 is 0 Å². The number of aromatic nitrogens is 5. The third-order valence-electron chi connectivity index (χ3n) is 6.90. The molecule has 0 aliphatic carbocycles. The third kappa shape index (κ3) is 26.4. The first-order valence-corrected chi connectivity index (χ1v) is 19.3. The molecule has 0 aliphatic rings. The van der Waals surface area contributed by atoms with Crippen LogP contribution in [0.25, 0.3) is 21.9 Å². The average molecular weight is 1060 g/mol. The maximum Gasteiger partial charge on any atom is 0.0224 e. The number of hydrogen-bond acceptors (Lipinski definition) is 3. The molecule has 5 heterocycles. The van der Waals surface area contributed by atoms with E-state index in [1.165, 1.54) is 10.9 Å². The van der Waals surface area contributed by atoms with E-state index in [1.54, 1.807) is 6.20 Å². The Hall–Kier alpha value is 0.166. The van der Waals surface area contributed by atoms with Gasteiger partial charge in [-0.15, -0.1) is 35.6 Å². The summed E-state index contributed by atoms with van der Waals surface area (Å²) in [6, 6.07) is 29.1. The Morgan fingerprint density at radius 1 is 0.607 bits per heavy atom. The normalized spacial score (nSPS) is 9.36. The smallest absolute Gasteiger partial charge is 0.0224 e. The fraction of sp³-hybridized carbons (Fsp3) is 0.468. The second-order valence-electron chi connectivity index (χ2n) is 13.3. The fourth-order valence-corrected chi connectivity index (χ4v) is 4.37. The Kier molecular flexibility index (Phi) is 47.7. The molecule has 56 heavy (non-hydrogen) atoms. The van der Waals surface area contributed by atoms with Crippen LogP contribution in [0.15, 0.2) is 91.5 Å². The van der Waals surface area contributed by atoms with Gasteiger partial charge in [0.1, 0.15) is 0 Å². The van der Waals surface area contributed by atoms with Crippen molar-refractivity contribution in [2.45, 2.75) is 148 Å². The van der Waals surface area contributed by atoms with Crippen molar-refractivity contribution < 1.29 is 131 Å². The fourth-order valence-electron chi connectivity index (χ4n) is 4.37. The molecule has 6 aromatic rings. The minimum absolute atomic E-state index is 0. The maximum absolute atomic E-state index is 4.23. The van der Waals surface area contributed by atoms with Crippen molar-refractivity contribution >= 4 is 21.9 Å². The molecular formula is C47H71N5Y4-4. The van der Waals surface area contributed by atoms with Gasteiger partial charge < -0.3 is 19.1 Å². The van der Waals surface area contributed by atoms with E-state index in [2.05, 4.69) is 136 Å². The molecule has 0 amide bonds. The van der Waals surface area contributed by atoms with Gasteiger partial charge in [0, 0.05) is 149 Å². The van der Waals surface area contributed by atoms with Gasteiger partial charge in [-0.1, -0.05) is 162 Å². The largest absolute Gasteiger partial charge is 0.446 e. The molecule has 0 saturated carbocycles. The Bertz CT molecular complexity index is 1680. The summed E-state index contributed by atoms with van der Waals surface area (Å²) < 4.78 is 4.28. The van der Waals surface area contributed by atoms with Crippen LogP contribution >= 0.6 is 0 Å². The minimum Gasteiger partial charge on any atom is -0.446 e. The summed E-state index contributed by atoms with van der Waals surface area (Å²) in [6.07, 6.45) is 13.5. The van der Waals surface area contributed by atoms with Gasteiger partial charge in [0.25, 0.3) is 0 Å². The van der Waals surface area contributed by atoms with Crippen molar-refractivity contribution in [3.05, 3.63) is 127 Å². The second kappa shape index (κ2) is 39.3. The summed E-state index contributed by atoms with van der Waals surface area (Å²) in [5.41, 5.74) is 5.84.